The molecule has 0 atom stereocenters. The lowest BCUT2D eigenvalue weighted by atomic mass is 10.0. The Hall–Kier alpha value is -1.64. The van der Waals surface area contributed by atoms with Crippen molar-refractivity contribution in [1.29, 1.82) is 0 Å². The SMILES string of the molecule is CCCCCCCCCCCCSP(=O)(C(=O)c1c(C)cc(C)cc1C)C(=O)c1c(C)cc(C)cc1C. The van der Waals surface area contributed by atoms with E-state index in [0.717, 1.165) is 64.0 Å². The molecule has 0 saturated heterocycles. The highest BCUT2D eigenvalue weighted by atomic mass is 32.7. The second kappa shape index (κ2) is 15.1. The molecule has 2 rings (SSSR count). The van der Waals surface area contributed by atoms with Crippen LogP contribution in [0.5, 0.6) is 0 Å². The third-order valence-electron chi connectivity index (χ3n) is 7.09. The van der Waals surface area contributed by atoms with Gasteiger partial charge in [-0.15, -0.1) is 0 Å². The van der Waals surface area contributed by atoms with Gasteiger partial charge in [0.1, 0.15) is 0 Å². The van der Waals surface area contributed by atoms with E-state index in [1.165, 1.54) is 44.9 Å². The van der Waals surface area contributed by atoms with Crippen molar-refractivity contribution in [3.05, 3.63) is 68.8 Å². The number of hydrogen-bond acceptors (Lipinski definition) is 4. The minimum Gasteiger partial charge on any atom is -0.295 e. The predicted molar refractivity (Wildman–Crippen MR) is 162 cm³/mol. The molecular weight excluding hydrogens is 495 g/mol. The van der Waals surface area contributed by atoms with Crippen LogP contribution >= 0.6 is 17.7 Å². The maximum absolute atomic E-state index is 14.5. The van der Waals surface area contributed by atoms with Crippen LogP contribution in [0.2, 0.25) is 0 Å². The first-order valence-corrected chi connectivity index (χ1v) is 17.3. The number of carbonyl (C=O) groups is 2. The summed E-state index contributed by atoms with van der Waals surface area (Å²) in [6.07, 6.45) is 8.19. The van der Waals surface area contributed by atoms with Gasteiger partial charge in [0.2, 0.25) is 11.0 Å². The van der Waals surface area contributed by atoms with Gasteiger partial charge in [-0.3, -0.25) is 14.2 Å². The molecule has 0 spiro atoms. The van der Waals surface area contributed by atoms with Crippen LogP contribution in [-0.2, 0) is 4.57 Å². The molecule has 204 valence electrons. The van der Waals surface area contributed by atoms with Crippen LogP contribution in [0, 0.1) is 41.5 Å². The van der Waals surface area contributed by atoms with Crippen molar-refractivity contribution >= 4 is 28.8 Å². The number of aryl methyl sites for hydroxylation is 6. The van der Waals surface area contributed by atoms with Gasteiger partial charge < -0.3 is 0 Å². The number of unbranched alkanes of at least 4 members (excludes halogenated alkanes) is 9. The maximum Gasteiger partial charge on any atom is 0.272 e. The topological polar surface area (TPSA) is 51.2 Å². The Bertz CT molecular complexity index is 1020. The largest absolute Gasteiger partial charge is 0.295 e. The van der Waals surface area contributed by atoms with Crippen molar-refractivity contribution in [2.45, 2.75) is 113 Å². The van der Waals surface area contributed by atoms with Gasteiger partial charge >= 0.3 is 0 Å². The minimum atomic E-state index is -3.92. The Morgan fingerprint density at radius 1 is 0.595 bits per heavy atom. The van der Waals surface area contributed by atoms with E-state index in [9.17, 15) is 14.2 Å². The van der Waals surface area contributed by atoms with Crippen LogP contribution < -0.4 is 0 Å². The van der Waals surface area contributed by atoms with Crippen LogP contribution in [0.1, 0.15) is 125 Å². The Labute approximate surface area is 229 Å². The Balaban J connectivity index is 2.18. The molecule has 0 N–H and O–H groups in total. The van der Waals surface area contributed by atoms with Crippen molar-refractivity contribution in [3.8, 4) is 0 Å². The van der Waals surface area contributed by atoms with Gasteiger partial charge in [0.25, 0.3) is 6.34 Å². The lowest BCUT2D eigenvalue weighted by molar-refractivity contribution is 0.104. The fraction of sp³-hybridized carbons (Fsp3) is 0.562. The van der Waals surface area contributed by atoms with Crippen molar-refractivity contribution in [2.24, 2.45) is 0 Å². The summed E-state index contributed by atoms with van der Waals surface area (Å²) in [6, 6.07) is 7.74. The molecule has 37 heavy (non-hydrogen) atoms. The summed E-state index contributed by atoms with van der Waals surface area (Å²) in [6.45, 7) is 13.7. The highest BCUT2D eigenvalue weighted by molar-refractivity contribution is 8.67. The van der Waals surface area contributed by atoms with Gasteiger partial charge in [-0.25, -0.2) is 0 Å². The van der Waals surface area contributed by atoms with Crippen molar-refractivity contribution in [3.63, 3.8) is 0 Å². The number of carbonyl (C=O) groups excluding carboxylic acids is 2. The molecule has 2 aromatic carbocycles. The molecule has 0 aromatic heterocycles. The first-order valence-electron chi connectivity index (χ1n) is 14.0. The highest BCUT2D eigenvalue weighted by Gasteiger charge is 2.43. The molecule has 0 radical (unpaired) electrons. The quantitative estimate of drug-likeness (QED) is 0.156. The summed E-state index contributed by atoms with van der Waals surface area (Å²) in [5, 5.41) is 0. The molecule has 2 aromatic rings. The molecule has 3 nitrogen and oxygen atoms in total. The van der Waals surface area contributed by atoms with E-state index in [1.807, 2.05) is 65.8 Å². The lowest BCUT2D eigenvalue weighted by Crippen LogP contribution is -2.14. The first kappa shape index (κ1) is 31.6. The molecule has 0 heterocycles. The zero-order valence-corrected chi connectivity index (χ0v) is 25.9. The normalized spacial score (nSPS) is 11.6. The molecule has 0 bridgehead atoms. The third kappa shape index (κ3) is 8.69. The monoisotopic (exact) mass is 542 g/mol. The van der Waals surface area contributed by atoms with Gasteiger partial charge in [0.15, 0.2) is 0 Å². The van der Waals surface area contributed by atoms with E-state index in [1.54, 1.807) is 0 Å². The fourth-order valence-electron chi connectivity index (χ4n) is 5.32. The molecular formula is C32H47O3PS. The Morgan fingerprint density at radius 3 is 1.27 bits per heavy atom. The van der Waals surface area contributed by atoms with Gasteiger partial charge in [0, 0.05) is 16.9 Å². The second-order valence-corrected chi connectivity index (χ2v) is 15.6. The first-order chi connectivity index (χ1) is 17.5. The molecule has 0 aliphatic rings. The van der Waals surface area contributed by atoms with Crippen LogP contribution in [0.25, 0.3) is 0 Å². The molecule has 5 heteroatoms. The van der Waals surface area contributed by atoms with Crippen molar-refractivity contribution in [2.75, 3.05) is 5.75 Å². The molecule has 0 unspecified atom stereocenters. The Morgan fingerprint density at radius 2 is 0.919 bits per heavy atom. The van der Waals surface area contributed by atoms with Crippen LogP contribution in [0.4, 0.5) is 0 Å². The zero-order valence-electron chi connectivity index (χ0n) is 24.2. The summed E-state index contributed by atoms with van der Waals surface area (Å²) < 4.78 is 14.5. The fourth-order valence-corrected chi connectivity index (χ4v) is 10.0. The molecule has 0 saturated carbocycles. The molecule has 0 amide bonds. The van der Waals surface area contributed by atoms with E-state index < -0.39 is 17.4 Å². The number of benzene rings is 2. The maximum atomic E-state index is 14.5. The molecule has 0 aliphatic heterocycles. The van der Waals surface area contributed by atoms with Gasteiger partial charge in [0.05, 0.1) is 0 Å². The molecule has 0 fully saturated rings. The van der Waals surface area contributed by atoms with E-state index >= 15 is 0 Å². The standard InChI is InChI=1S/C32H47O3PS/c1-8-9-10-11-12-13-14-15-16-17-18-37-36(35,31(33)29-25(4)19-23(2)20-26(29)5)32(34)30-27(6)21-24(3)22-28(30)7/h19-22H,8-18H2,1-7H3. The van der Waals surface area contributed by atoms with E-state index in [2.05, 4.69) is 6.92 Å². The summed E-state index contributed by atoms with van der Waals surface area (Å²) in [5.74, 6) is 0.555. The number of hydrogen-bond donors (Lipinski definition) is 0. The van der Waals surface area contributed by atoms with Crippen molar-refractivity contribution in [1.82, 2.24) is 0 Å². The van der Waals surface area contributed by atoms with Crippen molar-refractivity contribution < 1.29 is 14.2 Å². The van der Waals surface area contributed by atoms with E-state index in [0.29, 0.717) is 16.9 Å². The predicted octanol–water partition coefficient (Wildman–Crippen LogP) is 10.4. The lowest BCUT2D eigenvalue weighted by Gasteiger charge is -2.20. The van der Waals surface area contributed by atoms with Crippen LogP contribution in [0.3, 0.4) is 0 Å². The minimum absolute atomic E-state index is 0.445. The zero-order chi connectivity index (χ0) is 27.6. The second-order valence-electron chi connectivity index (χ2n) is 10.7. The third-order valence-corrected chi connectivity index (χ3v) is 12.1. The summed E-state index contributed by atoms with van der Waals surface area (Å²) >= 11 is 1.11. The average molecular weight is 543 g/mol. The van der Waals surface area contributed by atoms with Gasteiger partial charge in [-0.1, -0.05) is 111 Å². The van der Waals surface area contributed by atoms with Crippen LogP contribution in [-0.4, -0.2) is 16.8 Å². The average Bonchev–Trinajstić information content (AvgIpc) is 2.80. The smallest absolute Gasteiger partial charge is 0.272 e. The summed E-state index contributed by atoms with van der Waals surface area (Å²) in [5.41, 5.74) is 5.14. The van der Waals surface area contributed by atoms with Gasteiger partial charge in [-0.05, 0) is 70.2 Å². The Kier molecular flexibility index (Phi) is 12.9. The van der Waals surface area contributed by atoms with Crippen LogP contribution in [0.15, 0.2) is 24.3 Å². The summed E-state index contributed by atoms with van der Waals surface area (Å²) in [4.78, 5) is 27.9. The highest BCUT2D eigenvalue weighted by Crippen LogP contribution is 2.64. The summed E-state index contributed by atoms with van der Waals surface area (Å²) in [7, 11) is 0. The van der Waals surface area contributed by atoms with Gasteiger partial charge in [-0.2, -0.15) is 0 Å². The number of rotatable bonds is 16. The molecule has 0 aliphatic carbocycles. The van der Waals surface area contributed by atoms with E-state index in [-0.39, 0.29) is 0 Å². The van der Waals surface area contributed by atoms with E-state index in [4.69, 9.17) is 0 Å².